The van der Waals surface area contributed by atoms with Gasteiger partial charge in [0.15, 0.2) is 5.78 Å². The molecular weight excluding hydrogens is 324 g/mol. The van der Waals surface area contributed by atoms with Gasteiger partial charge in [0.2, 0.25) is 0 Å². The number of carbonyl (C=O) groups excluding carboxylic acids is 2. The van der Waals surface area contributed by atoms with Crippen molar-refractivity contribution in [3.05, 3.63) is 107 Å². The number of hydrogen-bond donors (Lipinski definition) is 0. The topological polar surface area (TPSA) is 43.4 Å². The lowest BCUT2D eigenvalue weighted by Crippen LogP contribution is -2.08. The van der Waals surface area contributed by atoms with Crippen molar-refractivity contribution in [3.63, 3.8) is 0 Å². The van der Waals surface area contributed by atoms with E-state index in [0.29, 0.717) is 22.4 Å². The van der Waals surface area contributed by atoms with Crippen LogP contribution in [-0.4, -0.2) is 11.8 Å². The standard InChI is InChI=1S/C23H18O3/c1-17-11-13-18(14-12-17)21(24)16-15-19-7-5-6-10-22(19)26-23(25)20-8-3-2-4-9-20/h2-16H,1H3. The predicted molar refractivity (Wildman–Crippen MR) is 102 cm³/mol. The van der Waals surface area contributed by atoms with Gasteiger partial charge < -0.3 is 4.74 Å². The zero-order valence-corrected chi connectivity index (χ0v) is 14.4. The molecule has 3 heteroatoms. The lowest BCUT2D eigenvalue weighted by Gasteiger charge is -2.07. The minimum absolute atomic E-state index is 0.103. The highest BCUT2D eigenvalue weighted by atomic mass is 16.5. The minimum atomic E-state index is -0.434. The van der Waals surface area contributed by atoms with Crippen LogP contribution in [0, 0.1) is 6.92 Å². The molecular formula is C23H18O3. The summed E-state index contributed by atoms with van der Waals surface area (Å²) in [5.41, 5.74) is 2.86. The second-order valence-electron chi connectivity index (χ2n) is 5.86. The normalized spacial score (nSPS) is 10.7. The van der Waals surface area contributed by atoms with Crippen molar-refractivity contribution in [2.75, 3.05) is 0 Å². The molecule has 0 radical (unpaired) electrons. The number of aryl methyl sites for hydroxylation is 1. The number of esters is 1. The maximum Gasteiger partial charge on any atom is 0.343 e. The highest BCUT2D eigenvalue weighted by Gasteiger charge is 2.10. The fourth-order valence-electron chi connectivity index (χ4n) is 2.42. The van der Waals surface area contributed by atoms with Crippen molar-refractivity contribution in [2.24, 2.45) is 0 Å². The van der Waals surface area contributed by atoms with Crippen LogP contribution in [0.5, 0.6) is 5.75 Å². The number of ether oxygens (including phenoxy) is 1. The average Bonchev–Trinajstić information content (AvgIpc) is 2.68. The Kier molecular flexibility index (Phi) is 5.40. The van der Waals surface area contributed by atoms with Gasteiger partial charge in [-0.1, -0.05) is 66.2 Å². The number of allylic oxidation sites excluding steroid dienone is 1. The van der Waals surface area contributed by atoms with Crippen molar-refractivity contribution in [1.29, 1.82) is 0 Å². The van der Waals surface area contributed by atoms with Gasteiger partial charge in [-0.2, -0.15) is 0 Å². The summed E-state index contributed by atoms with van der Waals surface area (Å²) < 4.78 is 5.48. The molecule has 0 aromatic heterocycles. The molecule has 0 aliphatic rings. The zero-order chi connectivity index (χ0) is 18.4. The molecule has 0 N–H and O–H groups in total. The number of carbonyl (C=O) groups is 2. The first-order chi connectivity index (χ1) is 12.6. The molecule has 3 aromatic rings. The first kappa shape index (κ1) is 17.4. The van der Waals surface area contributed by atoms with Crippen LogP contribution < -0.4 is 4.74 Å². The molecule has 0 atom stereocenters. The minimum Gasteiger partial charge on any atom is -0.422 e. The van der Waals surface area contributed by atoms with Crippen LogP contribution >= 0.6 is 0 Å². The third-order valence-corrected chi connectivity index (χ3v) is 3.88. The first-order valence-corrected chi connectivity index (χ1v) is 8.29. The monoisotopic (exact) mass is 342 g/mol. The second kappa shape index (κ2) is 8.08. The molecule has 3 rings (SSSR count). The lowest BCUT2D eigenvalue weighted by atomic mass is 10.1. The van der Waals surface area contributed by atoms with E-state index < -0.39 is 5.97 Å². The Labute approximate surface area is 152 Å². The van der Waals surface area contributed by atoms with E-state index in [0.717, 1.165) is 5.56 Å². The van der Waals surface area contributed by atoms with Gasteiger partial charge in [-0.3, -0.25) is 4.79 Å². The van der Waals surface area contributed by atoms with Crippen molar-refractivity contribution in [2.45, 2.75) is 6.92 Å². The number of rotatable bonds is 5. The van der Waals surface area contributed by atoms with E-state index in [1.165, 1.54) is 6.08 Å². The van der Waals surface area contributed by atoms with Gasteiger partial charge in [0, 0.05) is 11.1 Å². The number of ketones is 1. The molecule has 0 bridgehead atoms. The third-order valence-electron chi connectivity index (χ3n) is 3.88. The van der Waals surface area contributed by atoms with Gasteiger partial charge in [0.1, 0.15) is 5.75 Å². The van der Waals surface area contributed by atoms with Crippen LogP contribution in [0.2, 0.25) is 0 Å². The van der Waals surface area contributed by atoms with E-state index in [2.05, 4.69) is 0 Å². The highest BCUT2D eigenvalue weighted by Crippen LogP contribution is 2.21. The van der Waals surface area contributed by atoms with Crippen molar-refractivity contribution in [1.82, 2.24) is 0 Å². The first-order valence-electron chi connectivity index (χ1n) is 8.29. The fourth-order valence-corrected chi connectivity index (χ4v) is 2.42. The van der Waals surface area contributed by atoms with E-state index in [4.69, 9.17) is 4.74 Å². The molecule has 128 valence electrons. The van der Waals surface area contributed by atoms with Gasteiger partial charge in [-0.05, 0) is 37.3 Å². The zero-order valence-electron chi connectivity index (χ0n) is 14.4. The van der Waals surface area contributed by atoms with Crippen molar-refractivity contribution >= 4 is 17.8 Å². The Morgan fingerprint density at radius 3 is 2.15 bits per heavy atom. The number of benzene rings is 3. The van der Waals surface area contributed by atoms with Crippen LogP contribution in [0.3, 0.4) is 0 Å². The number of para-hydroxylation sites is 1. The molecule has 3 nitrogen and oxygen atoms in total. The van der Waals surface area contributed by atoms with Gasteiger partial charge in [0.05, 0.1) is 5.56 Å². The molecule has 3 aromatic carbocycles. The molecule has 0 aliphatic carbocycles. The Balaban J connectivity index is 1.77. The summed E-state index contributed by atoms with van der Waals surface area (Å²) in [4.78, 5) is 24.5. The summed E-state index contributed by atoms with van der Waals surface area (Å²) in [7, 11) is 0. The molecule has 0 heterocycles. The number of hydrogen-bond acceptors (Lipinski definition) is 3. The van der Waals surface area contributed by atoms with Crippen LogP contribution in [0.25, 0.3) is 6.08 Å². The second-order valence-corrected chi connectivity index (χ2v) is 5.86. The summed E-state index contributed by atoms with van der Waals surface area (Å²) >= 11 is 0. The van der Waals surface area contributed by atoms with Crippen LogP contribution in [0.4, 0.5) is 0 Å². The van der Waals surface area contributed by atoms with Crippen molar-refractivity contribution in [3.8, 4) is 5.75 Å². The van der Waals surface area contributed by atoms with E-state index in [-0.39, 0.29) is 5.78 Å². The molecule has 0 unspecified atom stereocenters. The summed E-state index contributed by atoms with van der Waals surface area (Å²) in [5, 5.41) is 0. The van der Waals surface area contributed by atoms with E-state index >= 15 is 0 Å². The lowest BCUT2D eigenvalue weighted by molar-refractivity contribution is 0.0734. The molecule has 0 saturated carbocycles. The molecule has 0 amide bonds. The maximum absolute atomic E-state index is 12.3. The van der Waals surface area contributed by atoms with E-state index in [1.807, 2.05) is 31.2 Å². The largest absolute Gasteiger partial charge is 0.422 e. The third kappa shape index (κ3) is 4.33. The molecule has 0 aliphatic heterocycles. The summed E-state index contributed by atoms with van der Waals surface area (Å²) in [6.45, 7) is 1.97. The smallest absolute Gasteiger partial charge is 0.343 e. The summed E-state index contributed by atoms with van der Waals surface area (Å²) in [6.07, 6.45) is 3.15. The van der Waals surface area contributed by atoms with Crippen LogP contribution in [0.15, 0.2) is 84.9 Å². The maximum atomic E-state index is 12.3. The summed E-state index contributed by atoms with van der Waals surface area (Å²) in [5.74, 6) is -0.125. The highest BCUT2D eigenvalue weighted by molar-refractivity contribution is 6.07. The van der Waals surface area contributed by atoms with Gasteiger partial charge >= 0.3 is 5.97 Å². The average molecular weight is 342 g/mol. The van der Waals surface area contributed by atoms with Gasteiger partial charge in [0.25, 0.3) is 0 Å². The molecule has 0 spiro atoms. The van der Waals surface area contributed by atoms with Crippen LogP contribution in [0.1, 0.15) is 31.8 Å². The molecule has 26 heavy (non-hydrogen) atoms. The predicted octanol–water partition coefficient (Wildman–Crippen LogP) is 5.11. The Bertz CT molecular complexity index is 939. The molecule has 0 fully saturated rings. The van der Waals surface area contributed by atoms with E-state index in [1.54, 1.807) is 60.7 Å². The summed E-state index contributed by atoms with van der Waals surface area (Å²) in [6, 6.07) is 23.3. The van der Waals surface area contributed by atoms with Gasteiger partial charge in [-0.15, -0.1) is 0 Å². The quantitative estimate of drug-likeness (QED) is 0.280. The van der Waals surface area contributed by atoms with Crippen molar-refractivity contribution < 1.29 is 14.3 Å². The SMILES string of the molecule is Cc1ccc(C(=O)C=Cc2ccccc2OC(=O)c2ccccc2)cc1. The van der Waals surface area contributed by atoms with Gasteiger partial charge in [-0.25, -0.2) is 4.79 Å². The Hall–Kier alpha value is -3.46. The fraction of sp³-hybridized carbons (Fsp3) is 0.0435. The Morgan fingerprint density at radius 1 is 0.769 bits per heavy atom. The van der Waals surface area contributed by atoms with Crippen LogP contribution in [-0.2, 0) is 0 Å². The van der Waals surface area contributed by atoms with E-state index in [9.17, 15) is 9.59 Å². The Morgan fingerprint density at radius 2 is 1.42 bits per heavy atom. The molecule has 0 saturated heterocycles.